The zero-order valence-corrected chi connectivity index (χ0v) is 19.0. The number of rotatable bonds is 5. The summed E-state index contributed by atoms with van der Waals surface area (Å²) in [6, 6.07) is 7.87. The van der Waals surface area contributed by atoms with Crippen LogP contribution in [-0.2, 0) is 10.0 Å². The SMILES string of the molecule is Cc1cc(Nc2ncccc2C)cc([C@@H]2CCCN(S(=O)(=O)c3c(C)noc3C)C2)n1. The van der Waals surface area contributed by atoms with Gasteiger partial charge in [-0.3, -0.25) is 4.98 Å². The molecule has 1 atom stereocenters. The molecule has 0 radical (unpaired) electrons. The number of nitrogens with zero attached hydrogens (tertiary/aromatic N) is 4. The van der Waals surface area contributed by atoms with E-state index in [-0.39, 0.29) is 10.8 Å². The summed E-state index contributed by atoms with van der Waals surface area (Å²) in [5.41, 5.74) is 4.10. The van der Waals surface area contributed by atoms with E-state index in [4.69, 9.17) is 9.51 Å². The molecular weight excluding hydrogens is 414 g/mol. The van der Waals surface area contributed by atoms with Crippen LogP contribution < -0.4 is 5.32 Å². The number of hydrogen-bond acceptors (Lipinski definition) is 7. The largest absolute Gasteiger partial charge is 0.360 e. The maximum absolute atomic E-state index is 13.3. The second-order valence-electron chi connectivity index (χ2n) is 8.07. The van der Waals surface area contributed by atoms with E-state index < -0.39 is 10.0 Å². The van der Waals surface area contributed by atoms with E-state index in [1.165, 1.54) is 4.31 Å². The lowest BCUT2D eigenvalue weighted by Crippen LogP contribution is -2.39. The highest BCUT2D eigenvalue weighted by molar-refractivity contribution is 7.89. The molecule has 0 aliphatic carbocycles. The summed E-state index contributed by atoms with van der Waals surface area (Å²) in [6.07, 6.45) is 3.40. The molecule has 1 aliphatic rings. The first kappa shape index (κ1) is 21.5. The van der Waals surface area contributed by atoms with Crippen molar-refractivity contribution in [3.05, 3.63) is 58.9 Å². The number of nitrogens with one attached hydrogen (secondary N) is 1. The van der Waals surface area contributed by atoms with Crippen LogP contribution in [0.25, 0.3) is 0 Å². The van der Waals surface area contributed by atoms with Gasteiger partial charge in [0, 0.05) is 42.3 Å². The van der Waals surface area contributed by atoms with Crippen LogP contribution in [0.1, 0.15) is 47.2 Å². The molecule has 0 amide bonds. The molecule has 8 nitrogen and oxygen atoms in total. The summed E-state index contributed by atoms with van der Waals surface area (Å²) in [4.78, 5) is 9.30. The van der Waals surface area contributed by atoms with Gasteiger partial charge in [0.15, 0.2) is 5.76 Å². The summed E-state index contributed by atoms with van der Waals surface area (Å²) >= 11 is 0. The highest BCUT2D eigenvalue weighted by Crippen LogP contribution is 2.33. The van der Waals surface area contributed by atoms with E-state index in [0.717, 1.165) is 41.3 Å². The Morgan fingerprint density at radius 2 is 2.00 bits per heavy atom. The Bertz CT molecular complexity index is 1190. The summed E-state index contributed by atoms with van der Waals surface area (Å²) in [5, 5.41) is 7.18. The Morgan fingerprint density at radius 3 is 2.71 bits per heavy atom. The van der Waals surface area contributed by atoms with Crippen LogP contribution >= 0.6 is 0 Å². The molecule has 9 heteroatoms. The van der Waals surface area contributed by atoms with Crippen molar-refractivity contribution in [2.45, 2.75) is 51.3 Å². The molecule has 164 valence electrons. The second-order valence-corrected chi connectivity index (χ2v) is 9.95. The third kappa shape index (κ3) is 4.33. The van der Waals surface area contributed by atoms with Crippen molar-refractivity contribution < 1.29 is 12.9 Å². The third-order valence-electron chi connectivity index (χ3n) is 5.61. The summed E-state index contributed by atoms with van der Waals surface area (Å²) in [6.45, 7) is 8.10. The molecule has 0 bridgehead atoms. The zero-order valence-electron chi connectivity index (χ0n) is 18.2. The Kier molecular flexibility index (Phi) is 5.81. The van der Waals surface area contributed by atoms with E-state index in [2.05, 4.69) is 15.5 Å². The minimum atomic E-state index is -3.67. The van der Waals surface area contributed by atoms with Crippen molar-refractivity contribution in [3.8, 4) is 0 Å². The molecule has 0 unspecified atom stereocenters. The lowest BCUT2D eigenvalue weighted by molar-refractivity contribution is 0.312. The van der Waals surface area contributed by atoms with Gasteiger partial charge in [0.2, 0.25) is 10.0 Å². The number of pyridine rings is 2. The summed E-state index contributed by atoms with van der Waals surface area (Å²) in [7, 11) is -3.67. The first-order valence-electron chi connectivity index (χ1n) is 10.4. The number of aromatic nitrogens is 3. The predicted octanol–water partition coefficient (Wildman–Crippen LogP) is 4.01. The Labute approximate surface area is 182 Å². The first-order chi connectivity index (χ1) is 14.8. The van der Waals surface area contributed by atoms with Crippen molar-refractivity contribution in [2.75, 3.05) is 18.4 Å². The maximum atomic E-state index is 13.3. The monoisotopic (exact) mass is 441 g/mol. The van der Waals surface area contributed by atoms with Crippen molar-refractivity contribution >= 4 is 21.5 Å². The van der Waals surface area contributed by atoms with Crippen molar-refractivity contribution in [2.24, 2.45) is 0 Å². The molecule has 1 fully saturated rings. The number of hydrogen-bond donors (Lipinski definition) is 1. The van der Waals surface area contributed by atoms with Crippen LogP contribution in [0.3, 0.4) is 0 Å². The average Bonchev–Trinajstić information content (AvgIpc) is 3.08. The molecular formula is C22H27N5O3S. The standard InChI is InChI=1S/C22H27N5O3S/c1-14-7-5-9-23-22(14)25-19-11-15(2)24-20(12-19)18-8-6-10-27(13-18)31(28,29)21-16(3)26-30-17(21)4/h5,7,9,11-12,18H,6,8,10,13H2,1-4H3,(H,23,24,25)/t18-/m1/s1. The summed E-state index contributed by atoms with van der Waals surface area (Å²) in [5.74, 6) is 1.13. The molecule has 1 N–H and O–H groups in total. The van der Waals surface area contributed by atoms with Gasteiger partial charge in [-0.05, 0) is 64.3 Å². The average molecular weight is 442 g/mol. The van der Waals surface area contributed by atoms with Gasteiger partial charge in [-0.2, -0.15) is 4.31 Å². The van der Waals surface area contributed by atoms with Gasteiger partial charge in [0.1, 0.15) is 16.4 Å². The van der Waals surface area contributed by atoms with E-state index in [9.17, 15) is 8.42 Å². The van der Waals surface area contributed by atoms with Crippen LogP contribution in [0, 0.1) is 27.7 Å². The highest BCUT2D eigenvalue weighted by Gasteiger charge is 2.35. The van der Waals surface area contributed by atoms with Gasteiger partial charge in [-0.15, -0.1) is 0 Å². The van der Waals surface area contributed by atoms with E-state index in [1.54, 1.807) is 20.0 Å². The molecule has 0 spiro atoms. The molecule has 1 aliphatic heterocycles. The minimum Gasteiger partial charge on any atom is -0.360 e. The van der Waals surface area contributed by atoms with Crippen LogP contribution in [0.5, 0.6) is 0 Å². The normalized spacial score (nSPS) is 17.6. The van der Waals surface area contributed by atoms with E-state index in [1.807, 2.05) is 38.1 Å². The Morgan fingerprint density at radius 1 is 1.19 bits per heavy atom. The minimum absolute atomic E-state index is 0.00859. The van der Waals surface area contributed by atoms with Gasteiger partial charge < -0.3 is 9.84 Å². The maximum Gasteiger partial charge on any atom is 0.248 e. The molecule has 1 saturated heterocycles. The number of aryl methyl sites for hydroxylation is 4. The summed E-state index contributed by atoms with van der Waals surface area (Å²) < 4.78 is 33.2. The predicted molar refractivity (Wildman–Crippen MR) is 118 cm³/mol. The highest BCUT2D eigenvalue weighted by atomic mass is 32.2. The van der Waals surface area contributed by atoms with Gasteiger partial charge in [0.25, 0.3) is 0 Å². The lowest BCUT2D eigenvalue weighted by Gasteiger charge is -2.31. The van der Waals surface area contributed by atoms with Gasteiger partial charge in [-0.25, -0.2) is 13.4 Å². The van der Waals surface area contributed by atoms with Crippen LogP contribution in [0.2, 0.25) is 0 Å². The zero-order chi connectivity index (χ0) is 22.2. The molecule has 3 aromatic rings. The molecule has 0 aromatic carbocycles. The van der Waals surface area contributed by atoms with Crippen LogP contribution in [0.15, 0.2) is 39.9 Å². The van der Waals surface area contributed by atoms with Gasteiger partial charge in [0.05, 0.1) is 0 Å². The quantitative estimate of drug-likeness (QED) is 0.638. The van der Waals surface area contributed by atoms with Crippen molar-refractivity contribution in [3.63, 3.8) is 0 Å². The van der Waals surface area contributed by atoms with Crippen LogP contribution in [0.4, 0.5) is 11.5 Å². The fourth-order valence-corrected chi connectivity index (χ4v) is 5.92. The Balaban J connectivity index is 1.60. The number of anilines is 2. The van der Waals surface area contributed by atoms with Gasteiger partial charge >= 0.3 is 0 Å². The van der Waals surface area contributed by atoms with E-state index in [0.29, 0.717) is 24.5 Å². The number of sulfonamides is 1. The first-order valence-corrected chi connectivity index (χ1v) is 11.8. The fraction of sp³-hybridized carbons (Fsp3) is 0.409. The van der Waals surface area contributed by atoms with Crippen LogP contribution in [-0.4, -0.2) is 40.9 Å². The fourth-order valence-electron chi connectivity index (χ4n) is 4.10. The second kappa shape index (κ2) is 8.39. The smallest absolute Gasteiger partial charge is 0.248 e. The van der Waals surface area contributed by atoms with Crippen molar-refractivity contribution in [1.82, 2.24) is 19.4 Å². The van der Waals surface area contributed by atoms with Gasteiger partial charge in [-0.1, -0.05) is 11.2 Å². The lowest BCUT2D eigenvalue weighted by atomic mass is 9.95. The molecule has 4 heterocycles. The van der Waals surface area contributed by atoms with Crippen molar-refractivity contribution in [1.29, 1.82) is 0 Å². The molecule has 3 aromatic heterocycles. The third-order valence-corrected chi connectivity index (χ3v) is 7.72. The Hall–Kier alpha value is -2.78. The molecule has 0 saturated carbocycles. The van der Waals surface area contributed by atoms with E-state index >= 15 is 0 Å². The topological polar surface area (TPSA) is 101 Å². The number of piperidine rings is 1. The molecule has 31 heavy (non-hydrogen) atoms. The molecule has 4 rings (SSSR count).